The molecule has 176 valence electrons. The van der Waals surface area contributed by atoms with Crippen LogP contribution in [0, 0.1) is 25.2 Å². The number of amides is 1. The van der Waals surface area contributed by atoms with Crippen molar-refractivity contribution in [3.63, 3.8) is 0 Å². The summed E-state index contributed by atoms with van der Waals surface area (Å²) in [5.41, 5.74) is 4.68. The van der Waals surface area contributed by atoms with E-state index < -0.39 is 5.91 Å². The van der Waals surface area contributed by atoms with Gasteiger partial charge in [-0.25, -0.2) is 0 Å². The minimum Gasteiger partial charge on any atom is -0.497 e. The standard InChI is InChI=1S/C29H27N3O3/c1-19-14-23(20(2)32(19)27-11-7-9-21-8-5-6-10-26(21)27)15-24(17-30)29(33)31-18-22-12-13-25(34-3)16-28(22)35-4/h5-16H,18H2,1-4H3,(H,31,33)/b24-15+. The third-order valence-corrected chi connectivity index (χ3v) is 6.08. The highest BCUT2D eigenvalue weighted by atomic mass is 16.5. The maximum absolute atomic E-state index is 12.8. The SMILES string of the molecule is COc1ccc(CNC(=O)/C(C#N)=C/c2cc(C)n(-c3cccc4ccccc34)c2C)c(OC)c1. The largest absolute Gasteiger partial charge is 0.497 e. The molecule has 0 bridgehead atoms. The van der Waals surface area contributed by atoms with E-state index in [0.717, 1.165) is 39.0 Å². The molecule has 0 fully saturated rings. The van der Waals surface area contributed by atoms with Crippen LogP contribution in [-0.2, 0) is 11.3 Å². The number of nitriles is 1. The molecule has 0 saturated carbocycles. The number of benzene rings is 3. The van der Waals surface area contributed by atoms with Crippen molar-refractivity contribution in [2.75, 3.05) is 14.2 Å². The fourth-order valence-corrected chi connectivity index (χ4v) is 4.28. The van der Waals surface area contributed by atoms with Gasteiger partial charge in [0.1, 0.15) is 23.1 Å². The molecule has 0 atom stereocenters. The summed E-state index contributed by atoms with van der Waals surface area (Å²) in [7, 11) is 3.14. The molecule has 35 heavy (non-hydrogen) atoms. The second kappa shape index (κ2) is 10.2. The summed E-state index contributed by atoms with van der Waals surface area (Å²) >= 11 is 0. The smallest absolute Gasteiger partial charge is 0.262 e. The molecule has 1 amide bonds. The number of methoxy groups -OCH3 is 2. The van der Waals surface area contributed by atoms with Crippen LogP contribution in [0.15, 0.2) is 72.3 Å². The molecule has 0 unspecified atom stereocenters. The van der Waals surface area contributed by atoms with E-state index in [1.54, 1.807) is 32.4 Å². The van der Waals surface area contributed by atoms with E-state index in [2.05, 4.69) is 34.1 Å². The maximum atomic E-state index is 12.8. The second-order valence-corrected chi connectivity index (χ2v) is 8.19. The van der Waals surface area contributed by atoms with Gasteiger partial charge in [-0.3, -0.25) is 4.79 Å². The molecule has 0 aliphatic heterocycles. The van der Waals surface area contributed by atoms with Gasteiger partial charge in [-0.1, -0.05) is 36.4 Å². The normalized spacial score (nSPS) is 11.2. The lowest BCUT2D eigenvalue weighted by atomic mass is 10.1. The Morgan fingerprint density at radius 1 is 1.03 bits per heavy atom. The Labute approximate surface area is 205 Å². The van der Waals surface area contributed by atoms with Crippen LogP contribution in [-0.4, -0.2) is 24.7 Å². The van der Waals surface area contributed by atoms with Crippen LogP contribution in [0.5, 0.6) is 11.5 Å². The van der Waals surface area contributed by atoms with E-state index in [0.29, 0.717) is 11.5 Å². The number of hydrogen-bond donors (Lipinski definition) is 1. The van der Waals surface area contributed by atoms with E-state index >= 15 is 0 Å². The molecular weight excluding hydrogens is 438 g/mol. The molecule has 0 saturated heterocycles. The first-order chi connectivity index (χ1) is 17.0. The van der Waals surface area contributed by atoms with Gasteiger partial charge in [0.05, 0.1) is 19.9 Å². The quantitative estimate of drug-likeness (QED) is 0.289. The molecule has 3 aromatic carbocycles. The summed E-state index contributed by atoms with van der Waals surface area (Å²) in [6.07, 6.45) is 1.64. The maximum Gasteiger partial charge on any atom is 0.262 e. The highest BCUT2D eigenvalue weighted by molar-refractivity contribution is 6.02. The lowest BCUT2D eigenvalue weighted by molar-refractivity contribution is -0.117. The van der Waals surface area contributed by atoms with E-state index in [4.69, 9.17) is 9.47 Å². The lowest BCUT2D eigenvalue weighted by Crippen LogP contribution is -2.24. The molecular formula is C29H27N3O3. The Morgan fingerprint density at radius 2 is 1.80 bits per heavy atom. The minimum absolute atomic E-state index is 0.0376. The topological polar surface area (TPSA) is 76.3 Å². The molecule has 0 aliphatic carbocycles. The number of carbonyl (C=O) groups is 1. The van der Waals surface area contributed by atoms with E-state index in [1.807, 2.05) is 50.2 Å². The predicted octanol–water partition coefficient (Wildman–Crippen LogP) is 5.49. The van der Waals surface area contributed by atoms with Gasteiger partial charge in [-0.15, -0.1) is 0 Å². The lowest BCUT2D eigenvalue weighted by Gasteiger charge is -2.13. The number of rotatable bonds is 7. The summed E-state index contributed by atoms with van der Waals surface area (Å²) in [6.45, 7) is 4.24. The third kappa shape index (κ3) is 4.75. The Hall–Kier alpha value is -4.50. The zero-order valence-electron chi connectivity index (χ0n) is 20.3. The Morgan fingerprint density at radius 3 is 2.54 bits per heavy atom. The average molecular weight is 466 g/mol. The number of fused-ring (bicyclic) bond motifs is 1. The van der Waals surface area contributed by atoms with Crippen LogP contribution in [0.4, 0.5) is 0 Å². The molecule has 6 nitrogen and oxygen atoms in total. The van der Waals surface area contributed by atoms with Crippen LogP contribution >= 0.6 is 0 Å². The second-order valence-electron chi connectivity index (χ2n) is 8.19. The number of aryl methyl sites for hydroxylation is 1. The Balaban J connectivity index is 1.61. The van der Waals surface area contributed by atoms with Gasteiger partial charge in [0.25, 0.3) is 5.91 Å². The van der Waals surface area contributed by atoms with Crippen molar-refractivity contribution in [2.45, 2.75) is 20.4 Å². The zero-order chi connectivity index (χ0) is 24.9. The fourth-order valence-electron chi connectivity index (χ4n) is 4.28. The van der Waals surface area contributed by atoms with Crippen LogP contribution in [0.25, 0.3) is 22.5 Å². The fraction of sp³-hybridized carbons (Fsp3) is 0.172. The molecule has 1 N–H and O–H groups in total. The monoisotopic (exact) mass is 465 g/mol. The van der Waals surface area contributed by atoms with Crippen molar-refractivity contribution in [2.24, 2.45) is 0 Å². The Bertz CT molecular complexity index is 1470. The van der Waals surface area contributed by atoms with Gasteiger partial charge in [0, 0.05) is 34.9 Å². The van der Waals surface area contributed by atoms with E-state index in [9.17, 15) is 10.1 Å². The van der Waals surface area contributed by atoms with E-state index in [1.165, 1.54) is 0 Å². The number of nitrogens with one attached hydrogen (secondary N) is 1. The van der Waals surface area contributed by atoms with Crippen LogP contribution in [0.2, 0.25) is 0 Å². The molecule has 0 radical (unpaired) electrons. The molecule has 6 heteroatoms. The van der Waals surface area contributed by atoms with Gasteiger partial charge < -0.3 is 19.4 Å². The molecule has 0 spiro atoms. The number of nitrogens with zero attached hydrogens (tertiary/aromatic N) is 2. The first kappa shape index (κ1) is 23.7. The van der Waals surface area contributed by atoms with Gasteiger partial charge in [0.2, 0.25) is 0 Å². The van der Waals surface area contributed by atoms with Gasteiger partial charge >= 0.3 is 0 Å². The predicted molar refractivity (Wildman–Crippen MR) is 138 cm³/mol. The van der Waals surface area contributed by atoms with Gasteiger partial charge in [-0.05, 0) is 55.1 Å². The summed E-state index contributed by atoms with van der Waals surface area (Å²) < 4.78 is 12.8. The number of ether oxygens (including phenoxy) is 2. The molecule has 1 aromatic heterocycles. The van der Waals surface area contributed by atoms with Crippen LogP contribution in [0.1, 0.15) is 22.5 Å². The molecule has 4 aromatic rings. The summed E-state index contributed by atoms with van der Waals surface area (Å²) in [4.78, 5) is 12.8. The molecule has 4 rings (SSSR count). The van der Waals surface area contributed by atoms with Gasteiger partial charge in [-0.2, -0.15) is 5.26 Å². The number of carbonyl (C=O) groups excluding carboxylic acids is 1. The first-order valence-corrected chi connectivity index (χ1v) is 11.2. The van der Waals surface area contributed by atoms with Crippen molar-refractivity contribution >= 4 is 22.8 Å². The molecule has 1 heterocycles. The van der Waals surface area contributed by atoms with Gasteiger partial charge in [0.15, 0.2) is 0 Å². The Kier molecular flexibility index (Phi) is 6.88. The first-order valence-electron chi connectivity index (χ1n) is 11.2. The summed E-state index contributed by atoms with van der Waals surface area (Å²) in [5.74, 6) is 0.821. The van der Waals surface area contributed by atoms with Crippen molar-refractivity contribution in [1.82, 2.24) is 9.88 Å². The van der Waals surface area contributed by atoms with Crippen molar-refractivity contribution in [3.05, 3.63) is 94.8 Å². The highest BCUT2D eigenvalue weighted by Gasteiger charge is 2.15. The zero-order valence-corrected chi connectivity index (χ0v) is 20.3. The van der Waals surface area contributed by atoms with Crippen LogP contribution in [0.3, 0.4) is 0 Å². The number of aromatic nitrogens is 1. The van der Waals surface area contributed by atoms with Crippen LogP contribution < -0.4 is 14.8 Å². The average Bonchev–Trinajstić information content (AvgIpc) is 3.17. The highest BCUT2D eigenvalue weighted by Crippen LogP contribution is 2.28. The number of hydrogen-bond acceptors (Lipinski definition) is 4. The minimum atomic E-state index is -0.444. The van der Waals surface area contributed by atoms with E-state index in [-0.39, 0.29) is 12.1 Å². The van der Waals surface area contributed by atoms with Crippen molar-refractivity contribution in [1.29, 1.82) is 5.26 Å². The van der Waals surface area contributed by atoms with Crippen molar-refractivity contribution in [3.8, 4) is 23.3 Å². The summed E-state index contributed by atoms with van der Waals surface area (Å²) in [6, 6.07) is 23.9. The molecule has 0 aliphatic rings. The van der Waals surface area contributed by atoms with Crippen molar-refractivity contribution < 1.29 is 14.3 Å². The summed E-state index contributed by atoms with van der Waals surface area (Å²) in [5, 5.41) is 14.8. The third-order valence-electron chi connectivity index (χ3n) is 6.08.